The summed E-state index contributed by atoms with van der Waals surface area (Å²) in [6, 6.07) is 5.11. The van der Waals surface area contributed by atoms with E-state index in [1.54, 1.807) is 11.3 Å². The topological polar surface area (TPSA) is 24.1 Å². The van der Waals surface area contributed by atoms with Gasteiger partial charge in [0.15, 0.2) is 5.11 Å². The molecule has 1 aromatic rings. The molecular weight excluding hydrogens is 236 g/mol. The summed E-state index contributed by atoms with van der Waals surface area (Å²) in [6.07, 6.45) is 5.19. The van der Waals surface area contributed by atoms with Gasteiger partial charge in [-0.15, -0.1) is 11.3 Å². The van der Waals surface area contributed by atoms with Crippen LogP contribution in [0.25, 0.3) is 0 Å². The van der Waals surface area contributed by atoms with Gasteiger partial charge < -0.3 is 10.6 Å². The second-order valence-corrected chi connectivity index (χ2v) is 5.72. The molecule has 1 aliphatic rings. The normalized spacial score (nSPS) is 18.3. The SMILES string of the molecule is CC(NC(=S)NC1CCCC1)c1cccs1. The lowest BCUT2D eigenvalue weighted by Crippen LogP contribution is -2.41. The standard InChI is InChI=1S/C12H18N2S2/c1-9(11-7-4-8-16-11)13-12(15)14-10-5-2-3-6-10/h4,7-10H,2-3,5-6H2,1H3,(H2,13,14,15). The van der Waals surface area contributed by atoms with Crippen LogP contribution in [0.15, 0.2) is 17.5 Å². The summed E-state index contributed by atoms with van der Waals surface area (Å²) < 4.78 is 0. The van der Waals surface area contributed by atoms with Crippen LogP contribution in [0.2, 0.25) is 0 Å². The lowest BCUT2D eigenvalue weighted by atomic mass is 10.2. The van der Waals surface area contributed by atoms with Gasteiger partial charge in [-0.2, -0.15) is 0 Å². The molecule has 1 aromatic heterocycles. The van der Waals surface area contributed by atoms with Gasteiger partial charge in [-0.05, 0) is 43.4 Å². The highest BCUT2D eigenvalue weighted by Gasteiger charge is 2.16. The fourth-order valence-corrected chi connectivity index (χ4v) is 3.18. The molecule has 1 aliphatic carbocycles. The monoisotopic (exact) mass is 254 g/mol. The van der Waals surface area contributed by atoms with E-state index in [4.69, 9.17) is 12.2 Å². The molecule has 1 atom stereocenters. The highest BCUT2D eigenvalue weighted by atomic mass is 32.1. The largest absolute Gasteiger partial charge is 0.360 e. The predicted molar refractivity (Wildman–Crippen MR) is 73.9 cm³/mol. The van der Waals surface area contributed by atoms with E-state index >= 15 is 0 Å². The van der Waals surface area contributed by atoms with Crippen molar-refractivity contribution in [1.29, 1.82) is 0 Å². The van der Waals surface area contributed by atoms with Crippen LogP contribution in [0.5, 0.6) is 0 Å². The van der Waals surface area contributed by atoms with Crippen LogP contribution >= 0.6 is 23.6 Å². The minimum Gasteiger partial charge on any atom is -0.360 e. The molecule has 1 heterocycles. The highest BCUT2D eigenvalue weighted by molar-refractivity contribution is 7.80. The van der Waals surface area contributed by atoms with Crippen LogP contribution in [0.4, 0.5) is 0 Å². The van der Waals surface area contributed by atoms with Crippen LogP contribution in [0.1, 0.15) is 43.5 Å². The Balaban J connectivity index is 1.78. The van der Waals surface area contributed by atoms with Gasteiger partial charge in [0.25, 0.3) is 0 Å². The first kappa shape index (κ1) is 11.9. The summed E-state index contributed by atoms with van der Waals surface area (Å²) in [6.45, 7) is 2.15. The number of hydrogen-bond donors (Lipinski definition) is 2. The Hall–Kier alpha value is -0.610. The van der Waals surface area contributed by atoms with Crippen LogP contribution in [-0.4, -0.2) is 11.2 Å². The van der Waals surface area contributed by atoms with Gasteiger partial charge in [-0.3, -0.25) is 0 Å². The molecule has 4 heteroatoms. The Morgan fingerprint density at radius 1 is 1.50 bits per heavy atom. The van der Waals surface area contributed by atoms with Crippen molar-refractivity contribution in [3.63, 3.8) is 0 Å². The molecule has 88 valence electrons. The minimum absolute atomic E-state index is 0.307. The van der Waals surface area contributed by atoms with Crippen molar-refractivity contribution >= 4 is 28.7 Å². The molecule has 2 rings (SSSR count). The fraction of sp³-hybridized carbons (Fsp3) is 0.583. The molecule has 1 saturated carbocycles. The zero-order valence-corrected chi connectivity index (χ0v) is 11.2. The van der Waals surface area contributed by atoms with Gasteiger partial charge in [0.05, 0.1) is 6.04 Å². The molecule has 0 radical (unpaired) electrons. The van der Waals surface area contributed by atoms with Gasteiger partial charge >= 0.3 is 0 Å². The average molecular weight is 254 g/mol. The third-order valence-electron chi connectivity index (χ3n) is 3.01. The second kappa shape index (κ2) is 5.64. The summed E-state index contributed by atoms with van der Waals surface area (Å²) in [4.78, 5) is 1.33. The van der Waals surface area contributed by atoms with E-state index < -0.39 is 0 Å². The zero-order chi connectivity index (χ0) is 11.4. The number of hydrogen-bond acceptors (Lipinski definition) is 2. The number of rotatable bonds is 3. The maximum absolute atomic E-state index is 5.32. The summed E-state index contributed by atoms with van der Waals surface area (Å²) in [5, 5.41) is 9.63. The first-order valence-corrected chi connectivity index (χ1v) is 7.15. The zero-order valence-electron chi connectivity index (χ0n) is 9.53. The molecule has 0 amide bonds. The van der Waals surface area contributed by atoms with Crippen LogP contribution in [-0.2, 0) is 0 Å². The molecule has 16 heavy (non-hydrogen) atoms. The molecule has 0 aliphatic heterocycles. The van der Waals surface area contributed by atoms with Gasteiger partial charge in [-0.25, -0.2) is 0 Å². The van der Waals surface area contributed by atoms with Crippen molar-refractivity contribution < 1.29 is 0 Å². The summed E-state index contributed by atoms with van der Waals surface area (Å²) >= 11 is 7.09. The fourth-order valence-electron chi connectivity index (χ4n) is 2.10. The van der Waals surface area contributed by atoms with Crippen molar-refractivity contribution in [3.05, 3.63) is 22.4 Å². The summed E-state index contributed by atoms with van der Waals surface area (Å²) in [7, 11) is 0. The van der Waals surface area contributed by atoms with E-state index in [1.807, 2.05) is 0 Å². The molecule has 0 saturated heterocycles. The lowest BCUT2D eigenvalue weighted by Gasteiger charge is -2.19. The first-order chi connectivity index (χ1) is 7.75. The Bertz CT molecular complexity index is 329. The van der Waals surface area contributed by atoms with Gasteiger partial charge in [0.2, 0.25) is 0 Å². The Morgan fingerprint density at radius 2 is 2.25 bits per heavy atom. The smallest absolute Gasteiger partial charge is 0.167 e. The van der Waals surface area contributed by atoms with Crippen molar-refractivity contribution in [3.8, 4) is 0 Å². The van der Waals surface area contributed by atoms with Crippen molar-refractivity contribution in [2.45, 2.75) is 44.7 Å². The second-order valence-electron chi connectivity index (χ2n) is 4.34. The molecule has 2 N–H and O–H groups in total. The quantitative estimate of drug-likeness (QED) is 0.810. The molecule has 0 bridgehead atoms. The van der Waals surface area contributed by atoms with Crippen LogP contribution in [0.3, 0.4) is 0 Å². The third-order valence-corrected chi connectivity index (χ3v) is 4.30. The maximum atomic E-state index is 5.32. The van der Waals surface area contributed by atoms with E-state index in [0.717, 1.165) is 5.11 Å². The van der Waals surface area contributed by atoms with Gasteiger partial charge in [0.1, 0.15) is 0 Å². The molecule has 2 nitrogen and oxygen atoms in total. The molecular formula is C12H18N2S2. The minimum atomic E-state index is 0.307. The molecule has 1 fully saturated rings. The van der Waals surface area contributed by atoms with E-state index in [-0.39, 0.29) is 0 Å². The Labute approximate surface area is 106 Å². The van der Waals surface area contributed by atoms with Crippen LogP contribution < -0.4 is 10.6 Å². The highest BCUT2D eigenvalue weighted by Crippen LogP contribution is 2.19. The molecule has 1 unspecified atom stereocenters. The average Bonchev–Trinajstić information content (AvgIpc) is 2.88. The van der Waals surface area contributed by atoms with E-state index in [2.05, 4.69) is 35.1 Å². The molecule has 0 spiro atoms. The predicted octanol–water partition coefficient (Wildman–Crippen LogP) is 3.22. The maximum Gasteiger partial charge on any atom is 0.167 e. The third kappa shape index (κ3) is 3.19. The van der Waals surface area contributed by atoms with Crippen molar-refractivity contribution in [2.75, 3.05) is 0 Å². The summed E-state index contributed by atoms with van der Waals surface area (Å²) in [5.74, 6) is 0. The van der Waals surface area contributed by atoms with Gasteiger partial charge in [-0.1, -0.05) is 18.9 Å². The number of thiophene rings is 1. The van der Waals surface area contributed by atoms with E-state index in [9.17, 15) is 0 Å². The summed E-state index contributed by atoms with van der Waals surface area (Å²) in [5.41, 5.74) is 0. The Kier molecular flexibility index (Phi) is 4.18. The number of nitrogens with one attached hydrogen (secondary N) is 2. The number of thiocarbonyl (C=S) groups is 1. The first-order valence-electron chi connectivity index (χ1n) is 5.86. The van der Waals surface area contributed by atoms with Gasteiger partial charge in [0, 0.05) is 10.9 Å². The molecule has 0 aromatic carbocycles. The lowest BCUT2D eigenvalue weighted by molar-refractivity contribution is 0.608. The van der Waals surface area contributed by atoms with E-state index in [1.165, 1.54) is 30.6 Å². The van der Waals surface area contributed by atoms with Crippen molar-refractivity contribution in [2.24, 2.45) is 0 Å². The van der Waals surface area contributed by atoms with E-state index in [0.29, 0.717) is 12.1 Å². The van der Waals surface area contributed by atoms with Crippen LogP contribution in [0, 0.1) is 0 Å². The Morgan fingerprint density at radius 3 is 2.88 bits per heavy atom. The van der Waals surface area contributed by atoms with Crippen molar-refractivity contribution in [1.82, 2.24) is 10.6 Å².